The third-order valence-corrected chi connectivity index (χ3v) is 6.55. The Bertz CT molecular complexity index is 1580. The van der Waals surface area contributed by atoms with E-state index in [4.69, 9.17) is 5.26 Å². The topological polar surface area (TPSA) is 157 Å². The van der Waals surface area contributed by atoms with E-state index in [1.165, 1.54) is 30.8 Å². The average Bonchev–Trinajstić information content (AvgIpc) is 3.58. The summed E-state index contributed by atoms with van der Waals surface area (Å²) in [6.45, 7) is 3.36. The molecule has 4 aromatic rings. The molecule has 4 aromatic heterocycles. The molecule has 12 nitrogen and oxygen atoms in total. The number of aromatic nitrogens is 6. The average molecular weight is 549 g/mol. The van der Waals surface area contributed by atoms with Crippen LogP contribution in [0, 0.1) is 17.1 Å². The van der Waals surface area contributed by atoms with Gasteiger partial charge in [-0.05, 0) is 26.3 Å². The maximum atomic E-state index is 14.3. The van der Waals surface area contributed by atoms with Crippen LogP contribution in [-0.2, 0) is 0 Å². The number of nitrogens with zero attached hydrogens (tertiary/aromatic N) is 8. The fourth-order valence-corrected chi connectivity index (χ4v) is 4.28. The lowest BCUT2D eigenvalue weighted by Gasteiger charge is -2.23. The molecule has 2 atom stereocenters. The number of pyridine rings is 1. The number of alkyl halides is 1. The lowest BCUT2D eigenvalue weighted by molar-refractivity contribution is -0.00177. The van der Waals surface area contributed by atoms with Gasteiger partial charge in [-0.15, -0.1) is 0 Å². The highest BCUT2D eigenvalue weighted by atomic mass is 19.1. The number of nitriles is 1. The first-order valence-electron chi connectivity index (χ1n) is 12.5. The number of fused-ring (bicyclic) bond motifs is 1. The van der Waals surface area contributed by atoms with E-state index in [1.54, 1.807) is 18.3 Å². The van der Waals surface area contributed by atoms with Crippen molar-refractivity contribution in [3.05, 3.63) is 60.1 Å². The second kappa shape index (κ2) is 10.8. The molecule has 5 rings (SSSR count). The van der Waals surface area contributed by atoms with Gasteiger partial charge in [0.25, 0.3) is 5.91 Å². The SMILES string of the molecule is CC(C)(O)C(F)CNC(=O)c1cnc(-c2cnc3cc(C#N)cnn23)cc1N[C@@H]1CCN(c2ncc(F)cn2)C1. The summed E-state index contributed by atoms with van der Waals surface area (Å²) in [5.41, 5.74) is 0.814. The molecule has 3 N–H and O–H groups in total. The molecule has 0 aromatic carbocycles. The van der Waals surface area contributed by atoms with Crippen molar-refractivity contribution in [3.8, 4) is 17.5 Å². The van der Waals surface area contributed by atoms with Crippen LogP contribution in [0.25, 0.3) is 17.0 Å². The zero-order valence-corrected chi connectivity index (χ0v) is 21.7. The van der Waals surface area contributed by atoms with E-state index >= 15 is 0 Å². The first-order chi connectivity index (χ1) is 19.1. The van der Waals surface area contributed by atoms with Crippen molar-refractivity contribution in [1.82, 2.24) is 34.9 Å². The smallest absolute Gasteiger partial charge is 0.255 e. The Morgan fingerprint density at radius 3 is 2.70 bits per heavy atom. The van der Waals surface area contributed by atoms with Crippen molar-refractivity contribution < 1.29 is 18.7 Å². The van der Waals surface area contributed by atoms with Crippen LogP contribution in [0.15, 0.2) is 43.1 Å². The number of amides is 1. The highest BCUT2D eigenvalue weighted by molar-refractivity contribution is 6.00. The van der Waals surface area contributed by atoms with Crippen LogP contribution < -0.4 is 15.5 Å². The third kappa shape index (κ3) is 5.64. The Labute approximate surface area is 227 Å². The Hall–Kier alpha value is -4.77. The van der Waals surface area contributed by atoms with Gasteiger partial charge in [0.15, 0.2) is 11.5 Å². The highest BCUT2D eigenvalue weighted by Gasteiger charge is 2.29. The molecule has 0 radical (unpaired) electrons. The first kappa shape index (κ1) is 26.8. The Kier molecular flexibility index (Phi) is 7.22. The number of aliphatic hydroxyl groups is 1. The quantitative estimate of drug-likeness (QED) is 0.298. The van der Waals surface area contributed by atoms with Gasteiger partial charge in [0, 0.05) is 31.4 Å². The maximum absolute atomic E-state index is 14.3. The normalized spacial score (nSPS) is 16.1. The summed E-state index contributed by atoms with van der Waals surface area (Å²) < 4.78 is 29.1. The van der Waals surface area contributed by atoms with Gasteiger partial charge in [0.2, 0.25) is 5.95 Å². The number of anilines is 2. The molecular formula is C26H26F2N10O2. The van der Waals surface area contributed by atoms with Crippen molar-refractivity contribution >= 4 is 23.2 Å². The molecule has 0 spiro atoms. The number of nitrogens with one attached hydrogen (secondary N) is 2. The van der Waals surface area contributed by atoms with Crippen LogP contribution in [0.3, 0.4) is 0 Å². The Morgan fingerprint density at radius 2 is 1.98 bits per heavy atom. The van der Waals surface area contributed by atoms with Gasteiger partial charge in [0.05, 0.1) is 59.4 Å². The summed E-state index contributed by atoms with van der Waals surface area (Å²) in [7, 11) is 0. The van der Waals surface area contributed by atoms with Crippen molar-refractivity contribution in [2.24, 2.45) is 0 Å². The lowest BCUT2D eigenvalue weighted by atomic mass is 10.0. The highest BCUT2D eigenvalue weighted by Crippen LogP contribution is 2.27. The van der Waals surface area contributed by atoms with E-state index in [9.17, 15) is 18.7 Å². The molecule has 1 aliphatic rings. The first-order valence-corrected chi connectivity index (χ1v) is 12.5. The maximum Gasteiger partial charge on any atom is 0.255 e. The van der Waals surface area contributed by atoms with Gasteiger partial charge in [0.1, 0.15) is 17.9 Å². The van der Waals surface area contributed by atoms with Crippen LogP contribution in [0.5, 0.6) is 0 Å². The van der Waals surface area contributed by atoms with E-state index in [2.05, 4.69) is 35.7 Å². The fourth-order valence-electron chi connectivity index (χ4n) is 4.28. The lowest BCUT2D eigenvalue weighted by Crippen LogP contribution is -2.42. The Morgan fingerprint density at radius 1 is 1.20 bits per heavy atom. The molecule has 1 unspecified atom stereocenters. The molecule has 0 saturated carbocycles. The summed E-state index contributed by atoms with van der Waals surface area (Å²) >= 11 is 0. The molecule has 0 aliphatic carbocycles. The van der Waals surface area contributed by atoms with Gasteiger partial charge in [-0.1, -0.05) is 0 Å². The monoisotopic (exact) mass is 548 g/mol. The zero-order chi connectivity index (χ0) is 28.4. The van der Waals surface area contributed by atoms with Gasteiger partial charge in [-0.2, -0.15) is 10.4 Å². The van der Waals surface area contributed by atoms with E-state index < -0.39 is 23.5 Å². The van der Waals surface area contributed by atoms with Crippen LogP contribution in [0.4, 0.5) is 20.4 Å². The number of carbonyl (C=O) groups excluding carboxylic acids is 1. The second-order valence-corrected chi connectivity index (χ2v) is 9.99. The van der Waals surface area contributed by atoms with Crippen LogP contribution >= 0.6 is 0 Å². The molecule has 14 heteroatoms. The molecule has 40 heavy (non-hydrogen) atoms. The van der Waals surface area contributed by atoms with E-state index in [1.807, 2.05) is 11.0 Å². The molecule has 1 saturated heterocycles. The van der Waals surface area contributed by atoms with E-state index in [0.29, 0.717) is 53.7 Å². The van der Waals surface area contributed by atoms with Gasteiger partial charge < -0.3 is 20.6 Å². The number of hydrogen-bond donors (Lipinski definition) is 3. The van der Waals surface area contributed by atoms with Gasteiger partial charge in [-0.25, -0.2) is 28.2 Å². The molecule has 206 valence electrons. The van der Waals surface area contributed by atoms with Crippen LogP contribution in [0.1, 0.15) is 36.2 Å². The molecule has 1 aliphatic heterocycles. The largest absolute Gasteiger partial charge is 0.387 e. The molecule has 1 amide bonds. The summed E-state index contributed by atoms with van der Waals surface area (Å²) in [6.07, 6.45) is 5.57. The molecule has 5 heterocycles. The minimum atomic E-state index is -1.68. The van der Waals surface area contributed by atoms with Crippen LogP contribution in [0.2, 0.25) is 0 Å². The fraction of sp³-hybridized carbons (Fsp3) is 0.346. The molecule has 0 bridgehead atoms. The second-order valence-electron chi connectivity index (χ2n) is 9.99. The van der Waals surface area contributed by atoms with Crippen LogP contribution in [-0.4, -0.2) is 78.0 Å². The summed E-state index contributed by atoms with van der Waals surface area (Å²) in [5.74, 6) is -0.697. The van der Waals surface area contributed by atoms with Crippen molar-refractivity contribution in [1.29, 1.82) is 5.26 Å². The summed E-state index contributed by atoms with van der Waals surface area (Å²) in [6, 6.07) is 5.17. The number of rotatable bonds is 8. The molecule has 1 fully saturated rings. The number of halogens is 2. The van der Waals surface area contributed by atoms with E-state index in [-0.39, 0.29) is 18.2 Å². The summed E-state index contributed by atoms with van der Waals surface area (Å²) in [5, 5.41) is 29.2. The van der Waals surface area contributed by atoms with Gasteiger partial charge >= 0.3 is 0 Å². The number of imidazole rings is 1. The van der Waals surface area contributed by atoms with Crippen molar-refractivity contribution in [3.63, 3.8) is 0 Å². The summed E-state index contributed by atoms with van der Waals surface area (Å²) in [4.78, 5) is 31.8. The van der Waals surface area contributed by atoms with Gasteiger partial charge in [-0.3, -0.25) is 9.78 Å². The van der Waals surface area contributed by atoms with Crippen molar-refractivity contribution in [2.45, 2.75) is 38.1 Å². The number of hydrogen-bond acceptors (Lipinski definition) is 10. The van der Waals surface area contributed by atoms with Crippen molar-refractivity contribution in [2.75, 3.05) is 29.9 Å². The standard InChI is InChI=1S/C26H26F2N10O2/c1-26(2,40)22(28)13-32-24(39)18-11-30-20(21-12-31-23-5-15(7-29)8-35-38(21)23)6-19(18)36-17-3-4-37(14-17)25-33-9-16(27)10-34-25/h5-6,8-12,17,22,40H,3-4,13-14H2,1-2H3,(H,30,36)(H,32,39)/t17-,22?/m1/s1. The van der Waals surface area contributed by atoms with E-state index in [0.717, 1.165) is 12.4 Å². The third-order valence-electron chi connectivity index (χ3n) is 6.55. The minimum Gasteiger partial charge on any atom is -0.387 e. The number of carbonyl (C=O) groups is 1. The Balaban J connectivity index is 1.43. The predicted octanol–water partition coefficient (Wildman–Crippen LogP) is 2.12. The molecular weight excluding hydrogens is 522 g/mol. The predicted molar refractivity (Wildman–Crippen MR) is 141 cm³/mol. The zero-order valence-electron chi connectivity index (χ0n) is 21.7. The minimum absolute atomic E-state index is 0.126.